The summed E-state index contributed by atoms with van der Waals surface area (Å²) in [4.78, 5) is 39.1. The third-order valence-electron chi connectivity index (χ3n) is 5.77. The Balaban J connectivity index is 2.14. The van der Waals surface area contributed by atoms with Crippen molar-refractivity contribution < 1.29 is 19.5 Å². The van der Waals surface area contributed by atoms with Crippen LogP contribution in [0.1, 0.15) is 64.9 Å². The summed E-state index contributed by atoms with van der Waals surface area (Å²) in [6.07, 6.45) is 1.18. The molecular formula is C23H27ClO4. The zero-order valence-electron chi connectivity index (χ0n) is 16.8. The smallest absolute Gasteiger partial charge is 0.163 e. The molecular weight excluding hydrogens is 376 g/mol. The maximum absolute atomic E-state index is 13.0. The van der Waals surface area contributed by atoms with Crippen molar-refractivity contribution in [1.29, 1.82) is 0 Å². The molecule has 0 radical (unpaired) electrons. The second-order valence-electron chi connectivity index (χ2n) is 9.76. The molecule has 3 rings (SSSR count). The van der Waals surface area contributed by atoms with Crippen LogP contribution >= 0.6 is 11.6 Å². The fraction of sp³-hybridized carbons (Fsp3) is 0.522. The van der Waals surface area contributed by atoms with Crippen LogP contribution in [-0.4, -0.2) is 22.5 Å². The zero-order chi connectivity index (χ0) is 20.9. The largest absolute Gasteiger partial charge is 0.512 e. The summed E-state index contributed by atoms with van der Waals surface area (Å²) >= 11 is 6.02. The highest BCUT2D eigenvalue weighted by molar-refractivity contribution is 6.30. The molecule has 0 aromatic heterocycles. The van der Waals surface area contributed by atoms with Gasteiger partial charge in [0.2, 0.25) is 0 Å². The first-order chi connectivity index (χ1) is 12.9. The number of carbonyl (C=O) groups excluding carboxylic acids is 3. The van der Waals surface area contributed by atoms with Crippen LogP contribution in [0, 0.1) is 16.7 Å². The summed E-state index contributed by atoms with van der Waals surface area (Å²) in [5.41, 5.74) is 0.139. The van der Waals surface area contributed by atoms with Crippen molar-refractivity contribution in [2.45, 2.75) is 59.3 Å². The molecule has 1 aromatic carbocycles. The second-order valence-corrected chi connectivity index (χ2v) is 10.2. The molecule has 28 heavy (non-hydrogen) atoms. The van der Waals surface area contributed by atoms with Crippen molar-refractivity contribution in [3.63, 3.8) is 0 Å². The number of ketones is 3. The molecule has 150 valence electrons. The number of aliphatic hydroxyl groups is 1. The van der Waals surface area contributed by atoms with Crippen molar-refractivity contribution in [2.75, 3.05) is 0 Å². The zero-order valence-corrected chi connectivity index (χ0v) is 17.6. The minimum atomic E-state index is -0.948. The minimum Gasteiger partial charge on any atom is -0.512 e. The fourth-order valence-electron chi connectivity index (χ4n) is 4.63. The van der Waals surface area contributed by atoms with Crippen molar-refractivity contribution in [3.8, 4) is 0 Å². The third kappa shape index (κ3) is 4.07. The highest BCUT2D eigenvalue weighted by Crippen LogP contribution is 2.47. The topological polar surface area (TPSA) is 71.4 Å². The Morgan fingerprint density at radius 3 is 1.89 bits per heavy atom. The molecule has 0 aliphatic heterocycles. The first kappa shape index (κ1) is 20.8. The summed E-state index contributed by atoms with van der Waals surface area (Å²) in [5, 5.41) is 11.3. The van der Waals surface area contributed by atoms with E-state index in [0.29, 0.717) is 17.0 Å². The van der Waals surface area contributed by atoms with Gasteiger partial charge in [0.25, 0.3) is 0 Å². The van der Waals surface area contributed by atoms with Gasteiger partial charge in [-0.3, -0.25) is 14.4 Å². The molecule has 0 bridgehead atoms. The summed E-state index contributed by atoms with van der Waals surface area (Å²) < 4.78 is 0. The second kappa shape index (κ2) is 7.14. The van der Waals surface area contributed by atoms with Crippen LogP contribution in [0.15, 0.2) is 35.6 Å². The van der Waals surface area contributed by atoms with E-state index < -0.39 is 11.8 Å². The van der Waals surface area contributed by atoms with Gasteiger partial charge in [-0.2, -0.15) is 0 Å². The van der Waals surface area contributed by atoms with Gasteiger partial charge >= 0.3 is 0 Å². The molecule has 0 amide bonds. The standard InChI is InChI=1S/C23H27ClO4/c1-22(2)9-15(25)20(16(26)10-22)19(13-5-7-14(24)8-6-13)21-17(27)11-23(3,4)12-18(21)28/h5-8,19-20,27H,9-12H2,1-4H3/t19-/m1/s1. The molecule has 1 fully saturated rings. The number of benzene rings is 1. The van der Waals surface area contributed by atoms with Crippen LogP contribution in [-0.2, 0) is 14.4 Å². The third-order valence-corrected chi connectivity index (χ3v) is 6.02. The van der Waals surface area contributed by atoms with E-state index in [2.05, 4.69) is 0 Å². The molecule has 4 nitrogen and oxygen atoms in total. The highest BCUT2D eigenvalue weighted by Gasteiger charge is 2.48. The molecule has 5 heteroatoms. The molecule has 1 atom stereocenters. The number of rotatable bonds is 3. The van der Waals surface area contributed by atoms with Gasteiger partial charge in [0.05, 0.1) is 5.92 Å². The van der Waals surface area contributed by atoms with E-state index in [4.69, 9.17) is 11.6 Å². The van der Waals surface area contributed by atoms with Gasteiger partial charge < -0.3 is 5.11 Å². The average Bonchev–Trinajstić information content (AvgIpc) is 2.50. The number of Topliss-reactive ketones (excluding diaryl/α,β-unsaturated/α-hetero) is 3. The molecule has 1 N–H and O–H groups in total. The molecule has 0 saturated heterocycles. The SMILES string of the molecule is CC1(C)CC(=O)C([C@H](C2=C(O)CC(C)(C)CC2=O)c2ccc(Cl)cc2)C(=O)C1. The van der Waals surface area contributed by atoms with Gasteiger partial charge in [-0.25, -0.2) is 0 Å². The van der Waals surface area contributed by atoms with Crippen molar-refractivity contribution in [3.05, 3.63) is 46.2 Å². The predicted octanol–water partition coefficient (Wildman–Crippen LogP) is 5.20. The van der Waals surface area contributed by atoms with Gasteiger partial charge in [0.15, 0.2) is 5.78 Å². The number of hydrogen-bond donors (Lipinski definition) is 1. The highest BCUT2D eigenvalue weighted by atomic mass is 35.5. The number of carbonyl (C=O) groups is 3. The van der Waals surface area contributed by atoms with E-state index in [0.717, 1.165) is 0 Å². The van der Waals surface area contributed by atoms with E-state index in [-0.39, 0.29) is 58.8 Å². The number of halogens is 1. The first-order valence-electron chi connectivity index (χ1n) is 9.66. The van der Waals surface area contributed by atoms with Crippen LogP contribution in [0.4, 0.5) is 0 Å². The van der Waals surface area contributed by atoms with Gasteiger partial charge in [0.1, 0.15) is 17.3 Å². The Labute approximate surface area is 171 Å². The molecule has 0 spiro atoms. The molecule has 1 saturated carbocycles. The summed E-state index contributed by atoms with van der Waals surface area (Å²) in [7, 11) is 0. The van der Waals surface area contributed by atoms with E-state index in [1.807, 2.05) is 27.7 Å². The van der Waals surface area contributed by atoms with E-state index in [1.165, 1.54) is 0 Å². The maximum Gasteiger partial charge on any atom is 0.163 e. The Bertz CT molecular complexity index is 841. The van der Waals surface area contributed by atoms with E-state index >= 15 is 0 Å². The van der Waals surface area contributed by atoms with Gasteiger partial charge in [0, 0.05) is 42.2 Å². The van der Waals surface area contributed by atoms with E-state index in [9.17, 15) is 19.5 Å². The molecule has 0 unspecified atom stereocenters. The Morgan fingerprint density at radius 1 is 0.893 bits per heavy atom. The Hall–Kier alpha value is -1.94. The first-order valence-corrected chi connectivity index (χ1v) is 10.0. The number of allylic oxidation sites excluding steroid dienone is 2. The summed E-state index contributed by atoms with van der Waals surface area (Å²) in [5.74, 6) is -2.25. The van der Waals surface area contributed by atoms with Crippen LogP contribution in [0.25, 0.3) is 0 Å². The lowest BCUT2D eigenvalue weighted by Gasteiger charge is -2.39. The molecule has 2 aliphatic carbocycles. The predicted molar refractivity (Wildman–Crippen MR) is 108 cm³/mol. The lowest BCUT2D eigenvalue weighted by molar-refractivity contribution is -0.140. The molecule has 0 heterocycles. The lowest BCUT2D eigenvalue weighted by atomic mass is 9.62. The lowest BCUT2D eigenvalue weighted by Crippen LogP contribution is -2.43. The van der Waals surface area contributed by atoms with Gasteiger partial charge in [-0.1, -0.05) is 51.4 Å². The monoisotopic (exact) mass is 402 g/mol. The minimum absolute atomic E-state index is 0.00775. The van der Waals surface area contributed by atoms with Crippen LogP contribution in [0.2, 0.25) is 5.02 Å². The molecule has 2 aliphatic rings. The van der Waals surface area contributed by atoms with Crippen molar-refractivity contribution >= 4 is 29.0 Å². The Kier molecular flexibility index (Phi) is 5.30. The quantitative estimate of drug-likeness (QED) is 0.705. The number of hydrogen-bond acceptors (Lipinski definition) is 4. The van der Waals surface area contributed by atoms with Gasteiger partial charge in [-0.05, 0) is 28.5 Å². The maximum atomic E-state index is 13.0. The summed E-state index contributed by atoms with van der Waals surface area (Å²) in [6, 6.07) is 6.84. The van der Waals surface area contributed by atoms with Crippen LogP contribution in [0.5, 0.6) is 0 Å². The van der Waals surface area contributed by atoms with Gasteiger partial charge in [-0.15, -0.1) is 0 Å². The number of aliphatic hydroxyl groups excluding tert-OH is 1. The average molecular weight is 403 g/mol. The normalized spacial score (nSPS) is 23.8. The van der Waals surface area contributed by atoms with Crippen molar-refractivity contribution in [2.24, 2.45) is 16.7 Å². The summed E-state index contributed by atoms with van der Waals surface area (Å²) in [6.45, 7) is 7.66. The van der Waals surface area contributed by atoms with Crippen molar-refractivity contribution in [1.82, 2.24) is 0 Å². The molecule has 1 aromatic rings. The van der Waals surface area contributed by atoms with Crippen LogP contribution < -0.4 is 0 Å². The van der Waals surface area contributed by atoms with Crippen LogP contribution in [0.3, 0.4) is 0 Å². The Morgan fingerprint density at radius 2 is 1.39 bits per heavy atom. The van der Waals surface area contributed by atoms with E-state index in [1.54, 1.807) is 24.3 Å². The fourth-order valence-corrected chi connectivity index (χ4v) is 4.75.